The highest BCUT2D eigenvalue weighted by Crippen LogP contribution is 2.43. The van der Waals surface area contributed by atoms with Crippen LogP contribution in [0.15, 0.2) is 22.8 Å². The van der Waals surface area contributed by atoms with E-state index in [0.717, 1.165) is 24.8 Å². The Bertz CT molecular complexity index is 392. The van der Waals surface area contributed by atoms with E-state index in [-0.39, 0.29) is 5.92 Å². The maximum Gasteiger partial charge on any atom is 0.0811 e. The second-order valence-corrected chi connectivity index (χ2v) is 6.80. The SMILES string of the molecule is CCC/C(C)=C/CC1C(O)C(C(C)O)=C(CC)C(C)C1C. The lowest BCUT2D eigenvalue weighted by molar-refractivity contribution is 0.0529. The average Bonchev–Trinajstić information content (AvgIpc) is 2.42. The molecule has 122 valence electrons. The molecule has 0 radical (unpaired) electrons. The molecule has 0 aromatic rings. The molecule has 1 aliphatic carbocycles. The van der Waals surface area contributed by atoms with Crippen molar-refractivity contribution in [2.24, 2.45) is 17.8 Å². The smallest absolute Gasteiger partial charge is 0.0811 e. The Balaban J connectivity index is 3.03. The van der Waals surface area contributed by atoms with Gasteiger partial charge < -0.3 is 10.2 Å². The molecule has 1 aliphatic rings. The van der Waals surface area contributed by atoms with Crippen LogP contribution in [0.5, 0.6) is 0 Å². The van der Waals surface area contributed by atoms with Gasteiger partial charge in [0, 0.05) is 0 Å². The first kappa shape index (κ1) is 18.4. The maximum atomic E-state index is 10.8. The molecule has 0 aromatic carbocycles. The third-order valence-electron chi connectivity index (χ3n) is 5.32. The van der Waals surface area contributed by atoms with Crippen LogP contribution in [0, 0.1) is 17.8 Å². The van der Waals surface area contributed by atoms with Gasteiger partial charge in [-0.1, -0.05) is 51.3 Å². The second-order valence-electron chi connectivity index (χ2n) is 6.80. The van der Waals surface area contributed by atoms with E-state index in [1.807, 2.05) is 0 Å². The molecule has 2 heteroatoms. The molecule has 1 rings (SSSR count). The minimum absolute atomic E-state index is 0.215. The van der Waals surface area contributed by atoms with E-state index >= 15 is 0 Å². The van der Waals surface area contributed by atoms with Crippen LogP contribution in [-0.2, 0) is 0 Å². The number of aliphatic hydroxyl groups is 2. The summed E-state index contributed by atoms with van der Waals surface area (Å²) in [5.74, 6) is 1.10. The van der Waals surface area contributed by atoms with E-state index in [0.29, 0.717) is 11.8 Å². The topological polar surface area (TPSA) is 40.5 Å². The van der Waals surface area contributed by atoms with Crippen molar-refractivity contribution in [1.29, 1.82) is 0 Å². The van der Waals surface area contributed by atoms with Gasteiger partial charge in [-0.25, -0.2) is 0 Å². The van der Waals surface area contributed by atoms with Gasteiger partial charge in [-0.05, 0) is 56.4 Å². The predicted molar refractivity (Wildman–Crippen MR) is 90.1 cm³/mol. The molecule has 2 nitrogen and oxygen atoms in total. The van der Waals surface area contributed by atoms with E-state index in [4.69, 9.17) is 0 Å². The van der Waals surface area contributed by atoms with Gasteiger partial charge in [0.1, 0.15) is 0 Å². The van der Waals surface area contributed by atoms with Crippen LogP contribution in [0.1, 0.15) is 67.2 Å². The first-order valence-corrected chi connectivity index (χ1v) is 8.59. The van der Waals surface area contributed by atoms with Gasteiger partial charge in [0.25, 0.3) is 0 Å². The monoisotopic (exact) mass is 294 g/mol. The summed E-state index contributed by atoms with van der Waals surface area (Å²) in [6.45, 7) is 12.8. The van der Waals surface area contributed by atoms with Gasteiger partial charge >= 0.3 is 0 Å². The Labute approximate surface area is 131 Å². The first-order valence-electron chi connectivity index (χ1n) is 8.59. The van der Waals surface area contributed by atoms with E-state index in [1.54, 1.807) is 6.92 Å². The molecule has 2 N–H and O–H groups in total. The summed E-state index contributed by atoms with van der Waals surface area (Å²) in [6, 6.07) is 0. The Morgan fingerprint density at radius 1 is 1.29 bits per heavy atom. The van der Waals surface area contributed by atoms with Crippen LogP contribution in [0.2, 0.25) is 0 Å². The van der Waals surface area contributed by atoms with E-state index in [1.165, 1.54) is 17.6 Å². The van der Waals surface area contributed by atoms with Gasteiger partial charge in [-0.3, -0.25) is 0 Å². The summed E-state index contributed by atoms with van der Waals surface area (Å²) in [6.07, 6.45) is 5.36. The zero-order valence-corrected chi connectivity index (χ0v) is 14.7. The fourth-order valence-corrected chi connectivity index (χ4v) is 3.88. The zero-order chi connectivity index (χ0) is 16.2. The number of allylic oxidation sites excluding steroid dienone is 3. The molecule has 0 fully saturated rings. The summed E-state index contributed by atoms with van der Waals surface area (Å²) in [7, 11) is 0. The number of rotatable bonds is 6. The molecule has 0 spiro atoms. The molecular formula is C19H34O2. The van der Waals surface area contributed by atoms with Gasteiger partial charge in [-0.15, -0.1) is 0 Å². The van der Waals surface area contributed by atoms with E-state index < -0.39 is 12.2 Å². The Morgan fingerprint density at radius 3 is 2.38 bits per heavy atom. The van der Waals surface area contributed by atoms with Crippen molar-refractivity contribution in [3.05, 3.63) is 22.8 Å². The van der Waals surface area contributed by atoms with Gasteiger partial charge in [0.05, 0.1) is 12.2 Å². The van der Waals surface area contributed by atoms with Crippen molar-refractivity contribution in [3.63, 3.8) is 0 Å². The fraction of sp³-hybridized carbons (Fsp3) is 0.789. The molecule has 0 aromatic heterocycles. The van der Waals surface area contributed by atoms with Crippen molar-refractivity contribution >= 4 is 0 Å². The van der Waals surface area contributed by atoms with Gasteiger partial charge in [0.2, 0.25) is 0 Å². The van der Waals surface area contributed by atoms with Crippen molar-refractivity contribution in [2.75, 3.05) is 0 Å². The number of aliphatic hydroxyl groups excluding tert-OH is 2. The number of hydrogen-bond donors (Lipinski definition) is 2. The normalized spacial score (nSPS) is 32.5. The molecular weight excluding hydrogens is 260 g/mol. The molecule has 0 bridgehead atoms. The molecule has 0 amide bonds. The summed E-state index contributed by atoms with van der Waals surface area (Å²) in [4.78, 5) is 0. The summed E-state index contributed by atoms with van der Waals surface area (Å²) in [5.41, 5.74) is 3.55. The Morgan fingerprint density at radius 2 is 1.90 bits per heavy atom. The standard InChI is InChI=1S/C19H34O2/c1-7-9-12(3)10-11-17-14(5)13(4)16(8-2)18(15(6)20)19(17)21/h10,13-15,17,19-21H,7-9,11H2,1-6H3/b12-10+. The third kappa shape index (κ3) is 4.20. The molecule has 0 heterocycles. The fourth-order valence-electron chi connectivity index (χ4n) is 3.88. The minimum atomic E-state index is -0.548. The van der Waals surface area contributed by atoms with Crippen molar-refractivity contribution in [1.82, 2.24) is 0 Å². The van der Waals surface area contributed by atoms with E-state index in [9.17, 15) is 10.2 Å². The molecule has 21 heavy (non-hydrogen) atoms. The predicted octanol–water partition coefficient (Wildman–Crippen LogP) is 4.47. The third-order valence-corrected chi connectivity index (χ3v) is 5.32. The molecule has 0 aliphatic heterocycles. The molecule has 5 atom stereocenters. The highest BCUT2D eigenvalue weighted by atomic mass is 16.3. The summed E-state index contributed by atoms with van der Waals surface area (Å²) in [5, 5.41) is 20.9. The molecule has 0 saturated heterocycles. The lowest BCUT2D eigenvalue weighted by Gasteiger charge is -2.42. The van der Waals surface area contributed by atoms with Gasteiger partial charge in [0.15, 0.2) is 0 Å². The van der Waals surface area contributed by atoms with Crippen LogP contribution >= 0.6 is 0 Å². The molecule has 5 unspecified atom stereocenters. The van der Waals surface area contributed by atoms with Gasteiger partial charge in [-0.2, -0.15) is 0 Å². The van der Waals surface area contributed by atoms with Crippen LogP contribution in [0.3, 0.4) is 0 Å². The largest absolute Gasteiger partial charge is 0.389 e. The highest BCUT2D eigenvalue weighted by Gasteiger charge is 2.39. The average molecular weight is 294 g/mol. The maximum absolute atomic E-state index is 10.8. The lowest BCUT2D eigenvalue weighted by Crippen LogP contribution is -2.40. The van der Waals surface area contributed by atoms with E-state index in [2.05, 4.69) is 40.7 Å². The Kier molecular flexibility index (Phi) is 7.15. The van der Waals surface area contributed by atoms with Crippen molar-refractivity contribution in [2.45, 2.75) is 79.4 Å². The first-order chi connectivity index (χ1) is 9.84. The lowest BCUT2D eigenvalue weighted by atomic mass is 9.66. The van der Waals surface area contributed by atoms with Crippen molar-refractivity contribution < 1.29 is 10.2 Å². The quantitative estimate of drug-likeness (QED) is 0.709. The minimum Gasteiger partial charge on any atom is -0.389 e. The zero-order valence-electron chi connectivity index (χ0n) is 14.7. The van der Waals surface area contributed by atoms with Crippen LogP contribution < -0.4 is 0 Å². The van der Waals surface area contributed by atoms with Crippen LogP contribution in [0.25, 0.3) is 0 Å². The Hall–Kier alpha value is -0.600. The number of hydrogen-bond acceptors (Lipinski definition) is 2. The second kappa shape index (κ2) is 8.14. The van der Waals surface area contributed by atoms with Crippen LogP contribution in [0.4, 0.5) is 0 Å². The summed E-state index contributed by atoms with van der Waals surface area (Å²) < 4.78 is 0. The van der Waals surface area contributed by atoms with Crippen LogP contribution in [-0.4, -0.2) is 22.4 Å². The highest BCUT2D eigenvalue weighted by molar-refractivity contribution is 5.29. The van der Waals surface area contributed by atoms with Crippen molar-refractivity contribution in [3.8, 4) is 0 Å². The summed E-state index contributed by atoms with van der Waals surface area (Å²) >= 11 is 0. The molecule has 0 saturated carbocycles.